The number of nitrogens with zero attached hydrogens (tertiary/aromatic N) is 4. The number of aryl methyl sites for hydroxylation is 3. The third-order valence-corrected chi connectivity index (χ3v) is 4.39. The Morgan fingerprint density at radius 1 is 1.03 bits per heavy atom. The maximum atomic E-state index is 14.0. The Morgan fingerprint density at radius 2 is 1.77 bits per heavy atom. The van der Waals surface area contributed by atoms with E-state index in [1.807, 2.05) is 32.9 Å². The summed E-state index contributed by atoms with van der Waals surface area (Å²) in [7, 11) is 0. The summed E-state index contributed by atoms with van der Waals surface area (Å²) < 4.78 is 15.4. The van der Waals surface area contributed by atoms with Gasteiger partial charge in [0, 0.05) is 5.69 Å². The van der Waals surface area contributed by atoms with Crippen LogP contribution < -0.4 is 16.0 Å². The van der Waals surface area contributed by atoms with Crippen molar-refractivity contribution in [3.8, 4) is 5.69 Å². The summed E-state index contributed by atoms with van der Waals surface area (Å²) in [6.07, 6.45) is 1.37. The number of nitrogens with one attached hydrogen (secondary N) is 3. The number of aromatic nitrogens is 4. The molecule has 0 saturated carbocycles. The van der Waals surface area contributed by atoms with Gasteiger partial charge in [0.15, 0.2) is 0 Å². The number of rotatable bonds is 7. The molecular formula is C20H22FN7O2. The van der Waals surface area contributed by atoms with E-state index in [1.165, 1.54) is 29.2 Å². The number of anilines is 2. The minimum absolute atomic E-state index is 0.119. The van der Waals surface area contributed by atoms with Gasteiger partial charge >= 0.3 is 0 Å². The summed E-state index contributed by atoms with van der Waals surface area (Å²) in [5.41, 5.74) is 4.40. The Kier molecular flexibility index (Phi) is 6.35. The van der Waals surface area contributed by atoms with Gasteiger partial charge in [-0.15, -0.1) is 5.10 Å². The predicted molar refractivity (Wildman–Crippen MR) is 110 cm³/mol. The number of amides is 2. The number of carbonyl (C=O) groups excluding carboxylic acids is 2. The molecule has 30 heavy (non-hydrogen) atoms. The summed E-state index contributed by atoms with van der Waals surface area (Å²) in [6, 6.07) is 8.19. The van der Waals surface area contributed by atoms with Gasteiger partial charge in [0.25, 0.3) is 0 Å². The third-order valence-electron chi connectivity index (χ3n) is 4.39. The van der Waals surface area contributed by atoms with Crippen LogP contribution in [0.4, 0.5) is 15.8 Å². The predicted octanol–water partition coefficient (Wildman–Crippen LogP) is 1.89. The minimum atomic E-state index is -0.525. The monoisotopic (exact) mass is 411 g/mol. The van der Waals surface area contributed by atoms with E-state index >= 15 is 0 Å². The SMILES string of the molecule is Cc1cc(C)c(NC(=O)CNC(=O)CNc2cc(-n3cnnn3)ccc2F)c(C)c1. The lowest BCUT2D eigenvalue weighted by atomic mass is 10.1. The van der Waals surface area contributed by atoms with Crippen molar-refractivity contribution in [3.63, 3.8) is 0 Å². The van der Waals surface area contributed by atoms with E-state index in [1.54, 1.807) is 0 Å². The molecule has 0 unspecified atom stereocenters. The van der Waals surface area contributed by atoms with E-state index in [-0.39, 0.29) is 24.7 Å². The number of hydrogen-bond donors (Lipinski definition) is 3. The first-order valence-corrected chi connectivity index (χ1v) is 9.24. The van der Waals surface area contributed by atoms with Crippen molar-refractivity contribution < 1.29 is 14.0 Å². The number of benzene rings is 2. The van der Waals surface area contributed by atoms with Crippen LogP contribution in [0.25, 0.3) is 5.69 Å². The molecule has 0 aliphatic rings. The molecule has 1 aromatic heterocycles. The summed E-state index contributed by atoms with van der Waals surface area (Å²) in [4.78, 5) is 24.2. The molecular weight excluding hydrogens is 389 g/mol. The molecule has 0 fully saturated rings. The second-order valence-electron chi connectivity index (χ2n) is 6.87. The van der Waals surface area contributed by atoms with Crippen molar-refractivity contribution in [3.05, 3.63) is 59.2 Å². The Hall–Kier alpha value is -3.82. The Labute approximate surface area is 172 Å². The quantitative estimate of drug-likeness (QED) is 0.547. The lowest BCUT2D eigenvalue weighted by Crippen LogP contribution is -2.36. The zero-order chi connectivity index (χ0) is 21.7. The molecule has 3 N–H and O–H groups in total. The fourth-order valence-corrected chi connectivity index (χ4v) is 3.05. The Bertz CT molecular complexity index is 1040. The summed E-state index contributed by atoms with van der Waals surface area (Å²) in [5, 5.41) is 18.8. The number of hydrogen-bond acceptors (Lipinski definition) is 6. The Morgan fingerprint density at radius 3 is 2.43 bits per heavy atom. The zero-order valence-corrected chi connectivity index (χ0v) is 16.9. The number of halogens is 1. The molecule has 3 aromatic rings. The minimum Gasteiger partial charge on any atom is -0.374 e. The number of carbonyl (C=O) groups is 2. The molecule has 3 rings (SSSR count). The highest BCUT2D eigenvalue weighted by Crippen LogP contribution is 2.21. The lowest BCUT2D eigenvalue weighted by Gasteiger charge is -2.13. The zero-order valence-electron chi connectivity index (χ0n) is 16.9. The van der Waals surface area contributed by atoms with Crippen LogP contribution in [-0.2, 0) is 9.59 Å². The molecule has 156 valence electrons. The molecule has 2 aromatic carbocycles. The molecule has 0 saturated heterocycles. The van der Waals surface area contributed by atoms with Crippen molar-refractivity contribution in [2.45, 2.75) is 20.8 Å². The van der Waals surface area contributed by atoms with E-state index in [4.69, 9.17) is 0 Å². The van der Waals surface area contributed by atoms with Crippen molar-refractivity contribution in [1.82, 2.24) is 25.5 Å². The summed E-state index contributed by atoms with van der Waals surface area (Å²) in [5.74, 6) is -1.32. The van der Waals surface area contributed by atoms with Gasteiger partial charge in [-0.05, 0) is 60.5 Å². The highest BCUT2D eigenvalue weighted by molar-refractivity contribution is 5.96. The van der Waals surface area contributed by atoms with Crippen LogP contribution in [0.1, 0.15) is 16.7 Å². The highest BCUT2D eigenvalue weighted by Gasteiger charge is 2.11. The van der Waals surface area contributed by atoms with Gasteiger partial charge in [-0.2, -0.15) is 0 Å². The average molecular weight is 411 g/mol. The van der Waals surface area contributed by atoms with E-state index in [2.05, 4.69) is 31.5 Å². The number of tetrazole rings is 1. The third kappa shape index (κ3) is 5.16. The maximum absolute atomic E-state index is 14.0. The molecule has 0 bridgehead atoms. The van der Waals surface area contributed by atoms with E-state index < -0.39 is 11.7 Å². The summed E-state index contributed by atoms with van der Waals surface area (Å²) >= 11 is 0. The van der Waals surface area contributed by atoms with Gasteiger partial charge in [0.1, 0.15) is 12.1 Å². The van der Waals surface area contributed by atoms with Crippen LogP contribution in [0.2, 0.25) is 0 Å². The largest absolute Gasteiger partial charge is 0.374 e. The second-order valence-corrected chi connectivity index (χ2v) is 6.87. The maximum Gasteiger partial charge on any atom is 0.243 e. The van der Waals surface area contributed by atoms with Crippen LogP contribution in [0.3, 0.4) is 0 Å². The summed E-state index contributed by atoms with van der Waals surface area (Å²) in [6.45, 7) is 5.42. The topological polar surface area (TPSA) is 114 Å². The van der Waals surface area contributed by atoms with Gasteiger partial charge in [0.05, 0.1) is 24.5 Å². The van der Waals surface area contributed by atoms with Crippen LogP contribution >= 0.6 is 0 Å². The first-order chi connectivity index (χ1) is 14.3. The van der Waals surface area contributed by atoms with E-state index in [0.29, 0.717) is 5.69 Å². The molecule has 0 atom stereocenters. The second kappa shape index (κ2) is 9.12. The average Bonchev–Trinajstić information content (AvgIpc) is 3.23. The van der Waals surface area contributed by atoms with Crippen molar-refractivity contribution in [2.24, 2.45) is 0 Å². The van der Waals surface area contributed by atoms with Crippen molar-refractivity contribution >= 4 is 23.2 Å². The highest BCUT2D eigenvalue weighted by atomic mass is 19.1. The fraction of sp³-hybridized carbons (Fsp3) is 0.250. The molecule has 9 nitrogen and oxygen atoms in total. The molecule has 0 aliphatic heterocycles. The van der Waals surface area contributed by atoms with Crippen molar-refractivity contribution in [2.75, 3.05) is 23.7 Å². The lowest BCUT2D eigenvalue weighted by molar-refractivity contribution is -0.122. The van der Waals surface area contributed by atoms with Gasteiger partial charge in [0.2, 0.25) is 11.8 Å². The van der Waals surface area contributed by atoms with Gasteiger partial charge in [-0.25, -0.2) is 9.07 Å². The van der Waals surface area contributed by atoms with Gasteiger partial charge < -0.3 is 16.0 Å². The molecule has 1 heterocycles. The molecule has 0 aliphatic carbocycles. The normalized spacial score (nSPS) is 10.5. The van der Waals surface area contributed by atoms with Crippen LogP contribution in [0.5, 0.6) is 0 Å². The van der Waals surface area contributed by atoms with Crippen LogP contribution in [0.15, 0.2) is 36.7 Å². The van der Waals surface area contributed by atoms with E-state index in [0.717, 1.165) is 22.4 Å². The van der Waals surface area contributed by atoms with Crippen LogP contribution in [-0.4, -0.2) is 45.1 Å². The van der Waals surface area contributed by atoms with Crippen molar-refractivity contribution in [1.29, 1.82) is 0 Å². The first kappa shape index (κ1) is 20.9. The van der Waals surface area contributed by atoms with Crippen LogP contribution in [0, 0.1) is 26.6 Å². The molecule has 10 heteroatoms. The molecule has 2 amide bonds. The fourth-order valence-electron chi connectivity index (χ4n) is 3.05. The van der Waals surface area contributed by atoms with Gasteiger partial charge in [-0.1, -0.05) is 17.7 Å². The molecule has 0 radical (unpaired) electrons. The molecule has 0 spiro atoms. The van der Waals surface area contributed by atoms with Gasteiger partial charge in [-0.3, -0.25) is 9.59 Å². The first-order valence-electron chi connectivity index (χ1n) is 9.24. The smallest absolute Gasteiger partial charge is 0.243 e. The standard InChI is InChI=1S/C20H22FN7O2/c1-12-6-13(2)20(14(3)7-12)25-19(30)10-23-18(29)9-22-17-8-15(4-5-16(17)21)28-11-24-26-27-28/h4-8,11,22H,9-10H2,1-3H3,(H,23,29)(H,25,30). The Balaban J connectivity index is 1.52. The van der Waals surface area contributed by atoms with E-state index in [9.17, 15) is 14.0 Å².